The van der Waals surface area contributed by atoms with Gasteiger partial charge in [0.15, 0.2) is 11.2 Å². The fourth-order valence-corrected chi connectivity index (χ4v) is 3.41. The monoisotopic (exact) mass is 395 g/mol. The smallest absolute Gasteiger partial charge is 0.187 e. The van der Waals surface area contributed by atoms with Gasteiger partial charge in [-0.2, -0.15) is 4.68 Å². The minimum atomic E-state index is 0.414. The zero-order chi connectivity index (χ0) is 19.8. The van der Waals surface area contributed by atoms with Crippen LogP contribution in [-0.4, -0.2) is 39.2 Å². The molecule has 0 aliphatic rings. The van der Waals surface area contributed by atoms with Gasteiger partial charge in [-0.15, -0.1) is 5.10 Å². The summed E-state index contributed by atoms with van der Waals surface area (Å²) in [5, 5.41) is 9.08. The molecule has 0 unspecified atom stereocenters. The van der Waals surface area contributed by atoms with Gasteiger partial charge >= 0.3 is 0 Å². The summed E-state index contributed by atoms with van der Waals surface area (Å²) in [5.41, 5.74) is 4.50. The molecule has 0 aliphatic heterocycles. The molecule has 8 heteroatoms. The molecule has 0 amide bonds. The van der Waals surface area contributed by atoms with Crippen LogP contribution in [0.25, 0.3) is 28.1 Å². The van der Waals surface area contributed by atoms with Crippen molar-refractivity contribution in [1.29, 1.82) is 0 Å². The van der Waals surface area contributed by atoms with Crippen LogP contribution in [0.5, 0.6) is 11.5 Å². The lowest BCUT2D eigenvalue weighted by atomic mass is 10.1. The summed E-state index contributed by atoms with van der Waals surface area (Å²) < 4.78 is 12.4. The van der Waals surface area contributed by atoms with E-state index < -0.39 is 0 Å². The topological polar surface area (TPSA) is 75.0 Å². The summed E-state index contributed by atoms with van der Waals surface area (Å²) in [4.78, 5) is 9.19. The molecule has 0 saturated carbocycles. The number of aromatic nitrogens is 5. The quantitative estimate of drug-likeness (QED) is 0.516. The van der Waals surface area contributed by atoms with E-state index in [1.54, 1.807) is 31.0 Å². The number of hydrogen-bond donors (Lipinski definition) is 0. The second-order valence-corrected chi connectivity index (χ2v) is 6.68. The molecule has 0 radical (unpaired) electrons. The van der Waals surface area contributed by atoms with Crippen LogP contribution in [0.3, 0.4) is 0 Å². The van der Waals surface area contributed by atoms with Gasteiger partial charge in [-0.1, -0.05) is 41.1 Å². The van der Waals surface area contributed by atoms with Gasteiger partial charge in [0.1, 0.15) is 28.7 Å². The van der Waals surface area contributed by atoms with E-state index >= 15 is 0 Å². The Morgan fingerprint density at radius 1 is 1.00 bits per heavy atom. The summed E-state index contributed by atoms with van der Waals surface area (Å²) in [7, 11) is 3.13. The summed E-state index contributed by atoms with van der Waals surface area (Å²) in [6.07, 6.45) is 0. The van der Waals surface area contributed by atoms with Crippen LogP contribution >= 0.6 is 11.6 Å². The molecule has 142 valence electrons. The Hall–Kier alpha value is -3.19. The number of ether oxygens (including phenoxy) is 2. The minimum absolute atomic E-state index is 0.414. The van der Waals surface area contributed by atoms with Crippen LogP contribution in [-0.2, 0) is 0 Å². The summed E-state index contributed by atoms with van der Waals surface area (Å²) in [6.45, 7) is 3.87. The van der Waals surface area contributed by atoms with E-state index in [9.17, 15) is 0 Å². The van der Waals surface area contributed by atoms with Gasteiger partial charge < -0.3 is 9.47 Å². The predicted molar refractivity (Wildman–Crippen MR) is 107 cm³/mol. The third kappa shape index (κ3) is 2.93. The highest BCUT2D eigenvalue weighted by molar-refractivity contribution is 6.33. The average molecular weight is 396 g/mol. The zero-order valence-electron chi connectivity index (χ0n) is 15.9. The number of aryl methyl sites for hydroxylation is 2. The van der Waals surface area contributed by atoms with Gasteiger partial charge in [-0.25, -0.2) is 9.97 Å². The number of fused-ring (bicyclic) bond motifs is 1. The van der Waals surface area contributed by atoms with Crippen LogP contribution in [0, 0.1) is 13.8 Å². The molecule has 2 aromatic carbocycles. The van der Waals surface area contributed by atoms with Crippen molar-refractivity contribution < 1.29 is 9.47 Å². The van der Waals surface area contributed by atoms with E-state index in [2.05, 4.69) is 20.3 Å². The average Bonchev–Trinajstić information content (AvgIpc) is 3.10. The van der Waals surface area contributed by atoms with Crippen molar-refractivity contribution >= 4 is 22.8 Å². The van der Waals surface area contributed by atoms with Crippen molar-refractivity contribution in [3.05, 3.63) is 52.8 Å². The molecule has 4 aromatic rings. The van der Waals surface area contributed by atoms with Crippen molar-refractivity contribution in [2.75, 3.05) is 14.2 Å². The Morgan fingerprint density at radius 3 is 2.50 bits per heavy atom. The highest BCUT2D eigenvalue weighted by Gasteiger charge is 2.21. The highest BCUT2D eigenvalue weighted by Crippen LogP contribution is 2.37. The Bertz CT molecular complexity index is 1190. The van der Waals surface area contributed by atoms with Crippen molar-refractivity contribution in [2.45, 2.75) is 13.8 Å². The van der Waals surface area contributed by atoms with Gasteiger partial charge in [0.2, 0.25) is 0 Å². The minimum Gasteiger partial charge on any atom is -0.497 e. The van der Waals surface area contributed by atoms with Crippen LogP contribution in [0.4, 0.5) is 0 Å². The van der Waals surface area contributed by atoms with E-state index in [1.807, 2.05) is 38.1 Å². The second kappa shape index (κ2) is 7.09. The first kappa shape index (κ1) is 18.2. The maximum absolute atomic E-state index is 6.51. The molecular formula is C20H18ClN5O2. The number of methoxy groups -OCH3 is 2. The first-order chi connectivity index (χ1) is 13.5. The van der Waals surface area contributed by atoms with Crippen molar-refractivity contribution in [3.63, 3.8) is 0 Å². The standard InChI is InChI=1S/C20H18ClN5O2/c1-11-7-5-6-8-14(11)17-18-20(23-12(2)22-17)26(25-24-18)19-15(21)9-13(27-3)10-16(19)28-4/h5-10H,1-4H3. The molecule has 0 aliphatic carbocycles. The third-order valence-corrected chi connectivity index (χ3v) is 4.77. The molecule has 0 saturated heterocycles. The summed E-state index contributed by atoms with van der Waals surface area (Å²) in [6, 6.07) is 11.4. The van der Waals surface area contributed by atoms with Gasteiger partial charge in [0.25, 0.3) is 0 Å². The van der Waals surface area contributed by atoms with Crippen LogP contribution in [0.2, 0.25) is 5.02 Å². The molecule has 0 bridgehead atoms. The van der Waals surface area contributed by atoms with Crippen LogP contribution in [0.15, 0.2) is 36.4 Å². The molecule has 0 N–H and O–H groups in total. The molecule has 0 atom stereocenters. The number of halogens is 1. The van der Waals surface area contributed by atoms with Crippen LogP contribution < -0.4 is 9.47 Å². The van der Waals surface area contributed by atoms with E-state index in [4.69, 9.17) is 21.1 Å². The first-order valence-corrected chi connectivity index (χ1v) is 8.99. The second-order valence-electron chi connectivity index (χ2n) is 6.27. The highest BCUT2D eigenvalue weighted by atomic mass is 35.5. The maximum Gasteiger partial charge on any atom is 0.187 e. The van der Waals surface area contributed by atoms with E-state index in [-0.39, 0.29) is 0 Å². The summed E-state index contributed by atoms with van der Waals surface area (Å²) >= 11 is 6.51. The number of rotatable bonds is 4. The Balaban J connectivity index is 2.01. The lowest BCUT2D eigenvalue weighted by molar-refractivity contribution is 0.392. The van der Waals surface area contributed by atoms with Gasteiger partial charge in [0, 0.05) is 17.7 Å². The fraction of sp³-hybridized carbons (Fsp3) is 0.200. The molecule has 4 rings (SSSR count). The number of nitrogens with zero attached hydrogens (tertiary/aromatic N) is 5. The third-order valence-electron chi connectivity index (χ3n) is 4.48. The van der Waals surface area contributed by atoms with Gasteiger partial charge in [-0.3, -0.25) is 0 Å². The van der Waals surface area contributed by atoms with Gasteiger partial charge in [0.05, 0.1) is 19.2 Å². The molecule has 2 heterocycles. The normalized spacial score (nSPS) is 11.0. The lowest BCUT2D eigenvalue weighted by Crippen LogP contribution is -2.04. The first-order valence-electron chi connectivity index (χ1n) is 8.61. The Morgan fingerprint density at radius 2 is 1.79 bits per heavy atom. The molecular weight excluding hydrogens is 378 g/mol. The number of benzene rings is 2. The Labute approximate surface area is 166 Å². The SMILES string of the molecule is COc1cc(Cl)c(-n2nnc3c(-c4ccccc4C)nc(C)nc32)c(OC)c1. The van der Waals surface area contributed by atoms with E-state index in [1.165, 1.54) is 0 Å². The zero-order valence-corrected chi connectivity index (χ0v) is 16.7. The molecule has 28 heavy (non-hydrogen) atoms. The number of hydrogen-bond acceptors (Lipinski definition) is 6. The van der Waals surface area contributed by atoms with Crippen molar-refractivity contribution in [2.24, 2.45) is 0 Å². The van der Waals surface area contributed by atoms with Gasteiger partial charge in [-0.05, 0) is 19.4 Å². The van der Waals surface area contributed by atoms with E-state index in [0.717, 1.165) is 16.8 Å². The van der Waals surface area contributed by atoms with Crippen LogP contribution in [0.1, 0.15) is 11.4 Å². The summed E-state index contributed by atoms with van der Waals surface area (Å²) in [5.74, 6) is 1.70. The van der Waals surface area contributed by atoms with E-state index in [0.29, 0.717) is 39.2 Å². The van der Waals surface area contributed by atoms with Crippen molar-refractivity contribution in [3.8, 4) is 28.4 Å². The predicted octanol–water partition coefficient (Wildman–Crippen LogP) is 4.16. The lowest BCUT2D eigenvalue weighted by Gasteiger charge is -2.13. The van der Waals surface area contributed by atoms with Crippen molar-refractivity contribution in [1.82, 2.24) is 25.0 Å². The molecule has 0 fully saturated rings. The largest absolute Gasteiger partial charge is 0.497 e. The maximum atomic E-state index is 6.51. The molecule has 7 nitrogen and oxygen atoms in total. The fourth-order valence-electron chi connectivity index (χ4n) is 3.13. The Kier molecular flexibility index (Phi) is 4.60. The molecule has 0 spiro atoms. The molecule has 2 aromatic heterocycles.